The third-order valence-electron chi connectivity index (χ3n) is 3.98. The standard InChI is InChI=1S/C17H20N2O4/c1-18(2)7-8-23-12-5-6-13-15(9-12)19(11-3-4-11)10-14(16(13)20)17(21)22/h5-6,9-11H,3-4,7-8H2,1-2H3,(H,21,22). The Kier molecular flexibility index (Phi) is 4.09. The summed E-state index contributed by atoms with van der Waals surface area (Å²) in [6.45, 7) is 1.35. The van der Waals surface area contributed by atoms with Gasteiger partial charge in [-0.15, -0.1) is 0 Å². The number of carbonyl (C=O) groups is 1. The Labute approximate surface area is 133 Å². The quantitative estimate of drug-likeness (QED) is 0.882. The smallest absolute Gasteiger partial charge is 0.341 e. The van der Waals surface area contributed by atoms with Gasteiger partial charge in [0.2, 0.25) is 5.43 Å². The second-order valence-corrected chi connectivity index (χ2v) is 6.15. The molecule has 0 bridgehead atoms. The number of carboxylic acid groups (broad SMARTS) is 1. The summed E-state index contributed by atoms with van der Waals surface area (Å²) in [5, 5.41) is 9.66. The average molecular weight is 316 g/mol. The topological polar surface area (TPSA) is 71.8 Å². The lowest BCUT2D eigenvalue weighted by Crippen LogP contribution is -2.20. The molecule has 1 saturated carbocycles. The maximum Gasteiger partial charge on any atom is 0.341 e. The minimum atomic E-state index is -1.18. The number of aromatic nitrogens is 1. The van der Waals surface area contributed by atoms with Crippen molar-refractivity contribution >= 4 is 16.9 Å². The molecule has 6 nitrogen and oxygen atoms in total. The molecular weight excluding hydrogens is 296 g/mol. The Morgan fingerprint density at radius 2 is 2.13 bits per heavy atom. The first-order valence-corrected chi connectivity index (χ1v) is 7.67. The largest absolute Gasteiger partial charge is 0.492 e. The molecule has 1 aliphatic carbocycles. The van der Waals surface area contributed by atoms with Crippen molar-refractivity contribution in [1.82, 2.24) is 9.47 Å². The normalized spacial score (nSPS) is 14.4. The molecular formula is C17H20N2O4. The van der Waals surface area contributed by atoms with Crippen molar-refractivity contribution in [3.05, 3.63) is 40.2 Å². The van der Waals surface area contributed by atoms with Crippen molar-refractivity contribution in [2.45, 2.75) is 18.9 Å². The summed E-state index contributed by atoms with van der Waals surface area (Å²) in [7, 11) is 3.95. The van der Waals surface area contributed by atoms with E-state index in [4.69, 9.17) is 4.74 Å². The molecule has 1 heterocycles. The zero-order valence-electron chi connectivity index (χ0n) is 13.3. The van der Waals surface area contributed by atoms with Crippen molar-refractivity contribution in [3.8, 4) is 5.75 Å². The minimum Gasteiger partial charge on any atom is -0.492 e. The Balaban J connectivity index is 2.03. The molecule has 3 rings (SSSR count). The van der Waals surface area contributed by atoms with Crippen LogP contribution in [0.25, 0.3) is 10.9 Å². The van der Waals surface area contributed by atoms with Crippen molar-refractivity contribution in [1.29, 1.82) is 0 Å². The van der Waals surface area contributed by atoms with Crippen LogP contribution in [0.4, 0.5) is 0 Å². The van der Waals surface area contributed by atoms with E-state index in [0.29, 0.717) is 17.7 Å². The molecule has 0 spiro atoms. The van der Waals surface area contributed by atoms with Gasteiger partial charge in [0.1, 0.15) is 17.9 Å². The summed E-state index contributed by atoms with van der Waals surface area (Å²) in [6, 6.07) is 5.49. The van der Waals surface area contributed by atoms with Gasteiger partial charge in [-0.3, -0.25) is 4.79 Å². The number of pyridine rings is 1. The summed E-state index contributed by atoms with van der Waals surface area (Å²) in [5.74, 6) is -0.492. The first kappa shape index (κ1) is 15.6. The van der Waals surface area contributed by atoms with Gasteiger partial charge in [0.25, 0.3) is 0 Å². The zero-order chi connectivity index (χ0) is 16.6. The number of fused-ring (bicyclic) bond motifs is 1. The Hall–Kier alpha value is -2.34. The first-order chi connectivity index (χ1) is 11.0. The molecule has 0 atom stereocenters. The molecule has 1 N–H and O–H groups in total. The highest BCUT2D eigenvalue weighted by atomic mass is 16.5. The Morgan fingerprint density at radius 3 is 2.74 bits per heavy atom. The first-order valence-electron chi connectivity index (χ1n) is 7.67. The summed E-state index contributed by atoms with van der Waals surface area (Å²) in [6.07, 6.45) is 3.47. The number of benzene rings is 1. The monoisotopic (exact) mass is 316 g/mol. The average Bonchev–Trinajstić information content (AvgIpc) is 3.31. The molecule has 23 heavy (non-hydrogen) atoms. The van der Waals surface area contributed by atoms with Crippen LogP contribution in [-0.4, -0.2) is 47.8 Å². The van der Waals surface area contributed by atoms with E-state index in [9.17, 15) is 14.7 Å². The van der Waals surface area contributed by atoms with Crippen molar-refractivity contribution in [2.24, 2.45) is 0 Å². The maximum atomic E-state index is 12.3. The molecule has 0 amide bonds. The van der Waals surface area contributed by atoms with Gasteiger partial charge in [0.15, 0.2) is 0 Å². The fourth-order valence-corrected chi connectivity index (χ4v) is 2.57. The van der Waals surface area contributed by atoms with Crippen molar-refractivity contribution < 1.29 is 14.6 Å². The lowest BCUT2D eigenvalue weighted by Gasteiger charge is -2.14. The van der Waals surface area contributed by atoms with Gasteiger partial charge in [-0.1, -0.05) is 0 Å². The Bertz CT molecular complexity index is 806. The zero-order valence-corrected chi connectivity index (χ0v) is 13.3. The van der Waals surface area contributed by atoms with E-state index in [1.54, 1.807) is 12.1 Å². The van der Waals surface area contributed by atoms with Crippen LogP contribution in [0.5, 0.6) is 5.75 Å². The third kappa shape index (κ3) is 3.22. The predicted molar refractivity (Wildman–Crippen MR) is 87.5 cm³/mol. The SMILES string of the molecule is CN(C)CCOc1ccc2c(=O)c(C(=O)O)cn(C3CC3)c2c1. The highest BCUT2D eigenvalue weighted by Gasteiger charge is 2.26. The summed E-state index contributed by atoms with van der Waals surface area (Å²) < 4.78 is 7.63. The second kappa shape index (κ2) is 6.04. The van der Waals surface area contributed by atoms with E-state index in [2.05, 4.69) is 0 Å². The lowest BCUT2D eigenvalue weighted by atomic mass is 10.1. The number of aromatic carboxylic acids is 1. The van der Waals surface area contributed by atoms with Gasteiger partial charge in [0, 0.05) is 30.2 Å². The van der Waals surface area contributed by atoms with Crippen LogP contribution in [0.3, 0.4) is 0 Å². The van der Waals surface area contributed by atoms with Gasteiger partial charge in [-0.25, -0.2) is 4.79 Å². The van der Waals surface area contributed by atoms with Crippen LogP contribution in [0.15, 0.2) is 29.2 Å². The van der Waals surface area contributed by atoms with Gasteiger partial charge in [-0.05, 0) is 39.1 Å². The molecule has 122 valence electrons. The molecule has 0 unspecified atom stereocenters. The maximum absolute atomic E-state index is 12.3. The molecule has 1 fully saturated rings. The predicted octanol–water partition coefficient (Wildman–Crippen LogP) is 1.97. The summed E-state index contributed by atoms with van der Waals surface area (Å²) in [4.78, 5) is 25.7. The molecule has 1 aromatic heterocycles. The number of nitrogens with zero attached hydrogens (tertiary/aromatic N) is 2. The number of hydrogen-bond acceptors (Lipinski definition) is 4. The number of carboxylic acids is 1. The van der Waals surface area contributed by atoms with E-state index in [1.165, 1.54) is 6.20 Å². The summed E-state index contributed by atoms with van der Waals surface area (Å²) >= 11 is 0. The van der Waals surface area contributed by atoms with Gasteiger partial charge < -0.3 is 19.3 Å². The van der Waals surface area contributed by atoms with E-state index < -0.39 is 11.4 Å². The molecule has 6 heteroatoms. The molecule has 1 aliphatic rings. The van der Waals surface area contributed by atoms with E-state index in [1.807, 2.05) is 29.6 Å². The number of rotatable bonds is 6. The highest BCUT2D eigenvalue weighted by molar-refractivity contribution is 5.93. The number of hydrogen-bond donors (Lipinski definition) is 1. The van der Waals surface area contributed by atoms with Crippen LogP contribution in [-0.2, 0) is 0 Å². The molecule has 0 aliphatic heterocycles. The van der Waals surface area contributed by atoms with Crippen molar-refractivity contribution in [2.75, 3.05) is 27.2 Å². The van der Waals surface area contributed by atoms with Crippen LogP contribution < -0.4 is 10.2 Å². The minimum absolute atomic E-state index is 0.175. The van der Waals surface area contributed by atoms with Gasteiger partial charge >= 0.3 is 5.97 Å². The number of ether oxygens (including phenoxy) is 1. The van der Waals surface area contributed by atoms with E-state index in [0.717, 1.165) is 24.9 Å². The molecule has 0 saturated heterocycles. The second-order valence-electron chi connectivity index (χ2n) is 6.15. The molecule has 0 radical (unpaired) electrons. The van der Waals surface area contributed by atoms with Crippen LogP contribution >= 0.6 is 0 Å². The highest BCUT2D eigenvalue weighted by Crippen LogP contribution is 2.37. The lowest BCUT2D eigenvalue weighted by molar-refractivity contribution is 0.0695. The fourth-order valence-electron chi connectivity index (χ4n) is 2.57. The van der Waals surface area contributed by atoms with Crippen LogP contribution in [0.1, 0.15) is 29.2 Å². The molecule has 1 aromatic carbocycles. The third-order valence-corrected chi connectivity index (χ3v) is 3.98. The Morgan fingerprint density at radius 1 is 1.39 bits per heavy atom. The van der Waals surface area contributed by atoms with Crippen molar-refractivity contribution in [3.63, 3.8) is 0 Å². The van der Waals surface area contributed by atoms with Gasteiger partial charge in [-0.2, -0.15) is 0 Å². The van der Waals surface area contributed by atoms with Crippen LogP contribution in [0, 0.1) is 0 Å². The van der Waals surface area contributed by atoms with E-state index in [-0.39, 0.29) is 11.6 Å². The van der Waals surface area contributed by atoms with Gasteiger partial charge in [0.05, 0.1) is 5.52 Å². The fraction of sp³-hybridized carbons (Fsp3) is 0.412. The van der Waals surface area contributed by atoms with Crippen LogP contribution in [0.2, 0.25) is 0 Å². The number of likely N-dealkylation sites (N-methyl/N-ethyl adjacent to an activating group) is 1. The van der Waals surface area contributed by atoms with E-state index >= 15 is 0 Å². The summed E-state index contributed by atoms with van der Waals surface area (Å²) in [5.41, 5.74) is 0.125. The molecule has 2 aromatic rings.